The highest BCUT2D eigenvalue weighted by Gasteiger charge is 2.29. The van der Waals surface area contributed by atoms with Crippen LogP contribution in [0.2, 0.25) is 0 Å². The summed E-state index contributed by atoms with van der Waals surface area (Å²) in [6.45, 7) is 2.96. The van der Waals surface area contributed by atoms with Crippen LogP contribution in [0.25, 0.3) is 0 Å². The van der Waals surface area contributed by atoms with Crippen LogP contribution in [0.5, 0.6) is 0 Å². The molecule has 0 bridgehead atoms. The Morgan fingerprint density at radius 2 is 2.00 bits per heavy atom. The molecule has 2 aliphatic heterocycles. The zero-order chi connectivity index (χ0) is 9.97. The second-order valence-electron chi connectivity index (χ2n) is 4.19. The summed E-state index contributed by atoms with van der Waals surface area (Å²) in [5, 5.41) is 3.18. The highest BCUT2D eigenvalue weighted by Crippen LogP contribution is 2.18. The average molecular weight is 200 g/mol. The highest BCUT2D eigenvalue weighted by molar-refractivity contribution is 5.79. The molecule has 2 saturated heterocycles. The van der Waals surface area contributed by atoms with Crippen LogP contribution in [-0.4, -0.2) is 43.2 Å². The Morgan fingerprint density at radius 1 is 1.29 bits per heavy atom. The van der Waals surface area contributed by atoms with Crippen LogP contribution in [0, 0.1) is 5.92 Å². The summed E-state index contributed by atoms with van der Waals surface area (Å²) in [6.07, 6.45) is 1.28. The minimum Gasteiger partial charge on any atom is -0.342 e. The average Bonchev–Trinajstić information content (AvgIpc) is 2.71. The van der Waals surface area contributed by atoms with Crippen molar-refractivity contribution in [2.24, 2.45) is 5.92 Å². The van der Waals surface area contributed by atoms with Crippen LogP contribution in [0.4, 0.5) is 4.39 Å². The van der Waals surface area contributed by atoms with Crippen molar-refractivity contribution in [1.82, 2.24) is 10.2 Å². The number of hydrogen-bond donors (Lipinski definition) is 1. The van der Waals surface area contributed by atoms with Crippen LogP contribution in [0.15, 0.2) is 0 Å². The molecule has 0 saturated carbocycles. The Labute approximate surface area is 83.6 Å². The molecule has 2 fully saturated rings. The van der Waals surface area contributed by atoms with Crippen LogP contribution < -0.4 is 5.32 Å². The molecule has 1 atom stereocenters. The predicted octanol–water partition coefficient (Wildman–Crippen LogP) is 0.556. The number of likely N-dealkylation sites (tertiary alicyclic amines) is 1. The van der Waals surface area contributed by atoms with E-state index in [9.17, 15) is 9.18 Å². The lowest BCUT2D eigenvalue weighted by Gasteiger charge is -2.30. The zero-order valence-electron chi connectivity index (χ0n) is 8.34. The maximum Gasteiger partial charge on any atom is 0.227 e. The first kappa shape index (κ1) is 9.90. The number of rotatable bonds is 1. The minimum absolute atomic E-state index is 0.145. The first-order chi connectivity index (χ1) is 6.77. The lowest BCUT2D eigenvalue weighted by molar-refractivity contribution is -0.136. The van der Waals surface area contributed by atoms with Crippen molar-refractivity contribution >= 4 is 5.91 Å². The summed E-state index contributed by atoms with van der Waals surface area (Å²) in [6, 6.07) is 0. The molecule has 1 N–H and O–H groups in total. The van der Waals surface area contributed by atoms with Gasteiger partial charge in [0.1, 0.15) is 6.17 Å². The largest absolute Gasteiger partial charge is 0.342 e. The molecule has 3 nitrogen and oxygen atoms in total. The number of nitrogens with one attached hydrogen (secondary N) is 1. The number of piperidine rings is 1. The monoisotopic (exact) mass is 200 g/mol. The molecule has 0 radical (unpaired) electrons. The Morgan fingerprint density at radius 3 is 2.57 bits per heavy atom. The molecule has 0 unspecified atom stereocenters. The lowest BCUT2D eigenvalue weighted by Crippen LogP contribution is -2.42. The van der Waals surface area contributed by atoms with Gasteiger partial charge in [-0.15, -0.1) is 0 Å². The zero-order valence-corrected chi connectivity index (χ0v) is 8.34. The number of alkyl halides is 1. The number of carbonyl (C=O) groups excluding carboxylic acids is 1. The summed E-state index contributed by atoms with van der Waals surface area (Å²) < 4.78 is 12.8. The first-order valence-corrected chi connectivity index (χ1v) is 5.41. The van der Waals surface area contributed by atoms with E-state index in [4.69, 9.17) is 0 Å². The van der Waals surface area contributed by atoms with Crippen molar-refractivity contribution < 1.29 is 9.18 Å². The van der Waals surface area contributed by atoms with Gasteiger partial charge in [0.15, 0.2) is 0 Å². The normalized spacial score (nSPS) is 29.5. The van der Waals surface area contributed by atoms with Gasteiger partial charge >= 0.3 is 0 Å². The quantitative estimate of drug-likeness (QED) is 0.670. The van der Waals surface area contributed by atoms with Crippen LogP contribution in [0.3, 0.4) is 0 Å². The van der Waals surface area contributed by atoms with E-state index < -0.39 is 6.17 Å². The Balaban J connectivity index is 1.85. The summed E-state index contributed by atoms with van der Waals surface area (Å²) in [5.74, 6) is 0.369. The number of carbonyl (C=O) groups is 1. The van der Waals surface area contributed by atoms with Crippen molar-refractivity contribution in [2.45, 2.75) is 25.4 Å². The van der Waals surface area contributed by atoms with E-state index in [1.165, 1.54) is 0 Å². The molecule has 0 aromatic rings. The SMILES string of the molecule is O=C([C@H]1CCNC1)N1CCC(F)CC1. The molecule has 4 heteroatoms. The molecule has 14 heavy (non-hydrogen) atoms. The number of nitrogens with zero attached hydrogens (tertiary/aromatic N) is 1. The van der Waals surface area contributed by atoms with E-state index in [0.717, 1.165) is 19.5 Å². The van der Waals surface area contributed by atoms with E-state index in [2.05, 4.69) is 5.32 Å². The predicted molar refractivity (Wildman–Crippen MR) is 51.7 cm³/mol. The van der Waals surface area contributed by atoms with Gasteiger partial charge in [0.2, 0.25) is 5.91 Å². The maximum absolute atomic E-state index is 12.8. The van der Waals surface area contributed by atoms with E-state index in [1.54, 1.807) is 0 Å². The molecular formula is C10H17FN2O. The summed E-state index contributed by atoms with van der Waals surface area (Å²) >= 11 is 0. The van der Waals surface area contributed by atoms with Crippen molar-refractivity contribution in [3.05, 3.63) is 0 Å². The van der Waals surface area contributed by atoms with E-state index in [1.807, 2.05) is 4.90 Å². The molecule has 0 aromatic carbocycles. The summed E-state index contributed by atoms with van der Waals surface area (Å²) in [7, 11) is 0. The Hall–Kier alpha value is -0.640. The highest BCUT2D eigenvalue weighted by atomic mass is 19.1. The van der Waals surface area contributed by atoms with Gasteiger partial charge < -0.3 is 10.2 Å². The molecular weight excluding hydrogens is 183 g/mol. The fourth-order valence-corrected chi connectivity index (χ4v) is 2.19. The van der Waals surface area contributed by atoms with Gasteiger partial charge in [0.05, 0.1) is 5.92 Å². The summed E-state index contributed by atoms with van der Waals surface area (Å²) in [4.78, 5) is 13.7. The van der Waals surface area contributed by atoms with E-state index in [0.29, 0.717) is 25.9 Å². The molecule has 2 aliphatic rings. The molecule has 80 valence electrons. The fourth-order valence-electron chi connectivity index (χ4n) is 2.19. The third-order valence-corrected chi connectivity index (χ3v) is 3.15. The second-order valence-corrected chi connectivity index (χ2v) is 4.19. The second kappa shape index (κ2) is 4.26. The smallest absolute Gasteiger partial charge is 0.227 e. The third-order valence-electron chi connectivity index (χ3n) is 3.15. The van der Waals surface area contributed by atoms with Crippen LogP contribution in [-0.2, 0) is 4.79 Å². The van der Waals surface area contributed by atoms with Crippen molar-refractivity contribution in [3.8, 4) is 0 Å². The minimum atomic E-state index is -0.694. The van der Waals surface area contributed by atoms with Gasteiger partial charge in [0, 0.05) is 19.6 Å². The van der Waals surface area contributed by atoms with Crippen LogP contribution in [0.1, 0.15) is 19.3 Å². The molecule has 0 aromatic heterocycles. The van der Waals surface area contributed by atoms with E-state index in [-0.39, 0.29) is 11.8 Å². The van der Waals surface area contributed by atoms with Gasteiger partial charge in [0.25, 0.3) is 0 Å². The van der Waals surface area contributed by atoms with Crippen molar-refractivity contribution in [3.63, 3.8) is 0 Å². The van der Waals surface area contributed by atoms with Gasteiger partial charge in [-0.2, -0.15) is 0 Å². The van der Waals surface area contributed by atoms with Gasteiger partial charge in [-0.1, -0.05) is 0 Å². The molecule has 0 spiro atoms. The lowest BCUT2D eigenvalue weighted by atomic mass is 10.0. The molecule has 2 heterocycles. The Bertz CT molecular complexity index is 208. The molecule has 1 amide bonds. The number of halogens is 1. The standard InChI is InChI=1S/C10H17FN2O/c11-9-2-5-13(6-3-9)10(14)8-1-4-12-7-8/h8-9,12H,1-7H2/t8-/m0/s1. The topological polar surface area (TPSA) is 32.3 Å². The number of amides is 1. The molecule has 0 aliphatic carbocycles. The molecule has 2 rings (SSSR count). The fraction of sp³-hybridized carbons (Fsp3) is 0.900. The number of hydrogen-bond acceptors (Lipinski definition) is 2. The Kier molecular flexibility index (Phi) is 3.01. The van der Waals surface area contributed by atoms with E-state index >= 15 is 0 Å². The van der Waals surface area contributed by atoms with Gasteiger partial charge in [-0.05, 0) is 25.8 Å². The van der Waals surface area contributed by atoms with Crippen LogP contribution >= 0.6 is 0 Å². The van der Waals surface area contributed by atoms with Gasteiger partial charge in [-0.3, -0.25) is 4.79 Å². The van der Waals surface area contributed by atoms with Crippen molar-refractivity contribution in [2.75, 3.05) is 26.2 Å². The first-order valence-electron chi connectivity index (χ1n) is 5.41. The maximum atomic E-state index is 12.8. The van der Waals surface area contributed by atoms with Crippen molar-refractivity contribution in [1.29, 1.82) is 0 Å². The third kappa shape index (κ3) is 2.05. The summed E-state index contributed by atoms with van der Waals surface area (Å²) in [5.41, 5.74) is 0. The van der Waals surface area contributed by atoms with Gasteiger partial charge in [-0.25, -0.2) is 4.39 Å².